The third kappa shape index (κ3) is 2.51. The fourth-order valence-corrected chi connectivity index (χ4v) is 3.90. The van der Waals surface area contributed by atoms with E-state index in [9.17, 15) is 4.79 Å². The predicted octanol–water partition coefficient (Wildman–Crippen LogP) is 3.46. The molecule has 5 rings (SSSR count). The Bertz CT molecular complexity index is 958. The van der Waals surface area contributed by atoms with Crippen LogP contribution in [0, 0.1) is 0 Å². The minimum atomic E-state index is 0.126. The molecule has 5 nitrogen and oxygen atoms in total. The summed E-state index contributed by atoms with van der Waals surface area (Å²) in [5.74, 6) is 1.47. The SMILES string of the molecule is O=C(c1cccc2c1CCC2)N1CC(c2nc(-c3ccccc3)no2)C1. The lowest BCUT2D eigenvalue weighted by molar-refractivity contribution is 0.0568. The van der Waals surface area contributed by atoms with Crippen molar-refractivity contribution in [1.82, 2.24) is 15.0 Å². The number of amides is 1. The standard InChI is InChI=1S/C21H19N3O2/c25-21(18-11-5-9-14-8-4-10-17(14)18)24-12-16(13-24)20-22-19(23-26-20)15-6-2-1-3-7-15/h1-3,5-7,9,11,16H,4,8,10,12-13H2. The summed E-state index contributed by atoms with van der Waals surface area (Å²) in [4.78, 5) is 19.2. The molecular weight excluding hydrogens is 326 g/mol. The minimum absolute atomic E-state index is 0.126. The number of aromatic nitrogens is 2. The second kappa shape index (κ2) is 6.09. The molecular formula is C21H19N3O2. The molecule has 0 saturated carbocycles. The first-order valence-corrected chi connectivity index (χ1v) is 9.08. The lowest BCUT2D eigenvalue weighted by Gasteiger charge is -2.37. The number of hydrogen-bond acceptors (Lipinski definition) is 4. The summed E-state index contributed by atoms with van der Waals surface area (Å²) in [6.45, 7) is 1.28. The van der Waals surface area contributed by atoms with Crippen LogP contribution in [0.1, 0.15) is 39.7 Å². The van der Waals surface area contributed by atoms with Crippen molar-refractivity contribution >= 4 is 5.91 Å². The summed E-state index contributed by atoms with van der Waals surface area (Å²) in [5, 5.41) is 4.08. The van der Waals surface area contributed by atoms with E-state index in [0.29, 0.717) is 24.8 Å². The number of carbonyl (C=O) groups excluding carboxylic acids is 1. The molecule has 1 amide bonds. The Balaban J connectivity index is 1.29. The average molecular weight is 345 g/mol. The zero-order chi connectivity index (χ0) is 17.5. The van der Waals surface area contributed by atoms with Crippen molar-refractivity contribution in [1.29, 1.82) is 0 Å². The van der Waals surface area contributed by atoms with Gasteiger partial charge in [0.15, 0.2) is 0 Å². The van der Waals surface area contributed by atoms with E-state index in [0.717, 1.165) is 30.4 Å². The van der Waals surface area contributed by atoms with Gasteiger partial charge in [-0.2, -0.15) is 4.98 Å². The van der Waals surface area contributed by atoms with Gasteiger partial charge in [0.05, 0.1) is 5.92 Å². The van der Waals surface area contributed by atoms with Gasteiger partial charge in [0.25, 0.3) is 5.91 Å². The zero-order valence-corrected chi connectivity index (χ0v) is 14.4. The summed E-state index contributed by atoms with van der Waals surface area (Å²) >= 11 is 0. The topological polar surface area (TPSA) is 59.2 Å². The first kappa shape index (κ1) is 15.3. The normalized spacial score (nSPS) is 16.4. The van der Waals surface area contributed by atoms with Gasteiger partial charge in [-0.25, -0.2) is 0 Å². The van der Waals surface area contributed by atoms with Crippen LogP contribution in [0.2, 0.25) is 0 Å². The third-order valence-corrected chi connectivity index (χ3v) is 5.37. The van der Waals surface area contributed by atoms with Gasteiger partial charge in [-0.3, -0.25) is 4.79 Å². The highest BCUT2D eigenvalue weighted by Crippen LogP contribution is 2.31. The number of rotatable bonds is 3. The maximum absolute atomic E-state index is 12.8. The summed E-state index contributed by atoms with van der Waals surface area (Å²) < 4.78 is 5.43. The highest BCUT2D eigenvalue weighted by molar-refractivity contribution is 5.96. The van der Waals surface area contributed by atoms with Crippen LogP contribution in [0.3, 0.4) is 0 Å². The van der Waals surface area contributed by atoms with E-state index in [2.05, 4.69) is 16.2 Å². The van der Waals surface area contributed by atoms with E-state index in [-0.39, 0.29) is 11.8 Å². The monoisotopic (exact) mass is 345 g/mol. The van der Waals surface area contributed by atoms with Gasteiger partial charge in [-0.05, 0) is 36.5 Å². The summed E-state index contributed by atoms with van der Waals surface area (Å²) in [6, 6.07) is 15.9. The molecule has 0 radical (unpaired) electrons. The molecule has 0 N–H and O–H groups in total. The first-order valence-electron chi connectivity index (χ1n) is 9.08. The van der Waals surface area contributed by atoms with Gasteiger partial charge in [-0.1, -0.05) is 47.6 Å². The molecule has 5 heteroatoms. The van der Waals surface area contributed by atoms with Crippen LogP contribution < -0.4 is 0 Å². The number of benzene rings is 2. The Morgan fingerprint density at radius 3 is 2.73 bits per heavy atom. The molecule has 2 heterocycles. The van der Waals surface area contributed by atoms with Gasteiger partial charge in [0.2, 0.25) is 11.7 Å². The zero-order valence-electron chi connectivity index (χ0n) is 14.4. The second-order valence-corrected chi connectivity index (χ2v) is 7.03. The van der Waals surface area contributed by atoms with Crippen molar-refractivity contribution in [2.75, 3.05) is 13.1 Å². The Morgan fingerprint density at radius 1 is 1.04 bits per heavy atom. The molecule has 1 aliphatic carbocycles. The summed E-state index contributed by atoms with van der Waals surface area (Å²) in [7, 11) is 0. The quantitative estimate of drug-likeness (QED) is 0.729. The largest absolute Gasteiger partial charge is 0.339 e. The maximum atomic E-state index is 12.8. The number of carbonyl (C=O) groups is 1. The molecule has 2 aliphatic rings. The molecule has 26 heavy (non-hydrogen) atoms. The molecule has 1 fully saturated rings. The minimum Gasteiger partial charge on any atom is -0.339 e. The number of nitrogens with zero attached hydrogens (tertiary/aromatic N) is 3. The van der Waals surface area contributed by atoms with Crippen molar-refractivity contribution in [3.63, 3.8) is 0 Å². The molecule has 2 aromatic carbocycles. The van der Waals surface area contributed by atoms with Crippen molar-refractivity contribution in [3.8, 4) is 11.4 Å². The van der Waals surface area contributed by atoms with Crippen molar-refractivity contribution in [2.24, 2.45) is 0 Å². The van der Waals surface area contributed by atoms with Gasteiger partial charge < -0.3 is 9.42 Å². The predicted molar refractivity (Wildman–Crippen MR) is 96.8 cm³/mol. The Morgan fingerprint density at radius 2 is 1.88 bits per heavy atom. The number of aryl methyl sites for hydroxylation is 1. The van der Waals surface area contributed by atoms with Crippen molar-refractivity contribution in [3.05, 3.63) is 71.1 Å². The molecule has 0 atom stereocenters. The number of fused-ring (bicyclic) bond motifs is 1. The van der Waals surface area contributed by atoms with E-state index in [1.54, 1.807) is 0 Å². The van der Waals surface area contributed by atoms with E-state index in [4.69, 9.17) is 4.52 Å². The fraction of sp³-hybridized carbons (Fsp3) is 0.286. The Kier molecular flexibility index (Phi) is 3.59. The Hall–Kier alpha value is -2.95. The van der Waals surface area contributed by atoms with Gasteiger partial charge in [-0.15, -0.1) is 0 Å². The molecule has 0 spiro atoms. The summed E-state index contributed by atoms with van der Waals surface area (Å²) in [5.41, 5.74) is 4.38. The van der Waals surface area contributed by atoms with Crippen LogP contribution in [0.15, 0.2) is 53.1 Å². The highest BCUT2D eigenvalue weighted by Gasteiger charge is 2.37. The summed E-state index contributed by atoms with van der Waals surface area (Å²) in [6.07, 6.45) is 3.24. The fourth-order valence-electron chi connectivity index (χ4n) is 3.90. The first-order chi connectivity index (χ1) is 12.8. The van der Waals surface area contributed by atoms with E-state index in [1.165, 1.54) is 11.1 Å². The third-order valence-electron chi connectivity index (χ3n) is 5.37. The molecule has 0 unspecified atom stereocenters. The lowest BCUT2D eigenvalue weighted by atomic mass is 9.96. The molecule has 130 valence electrons. The molecule has 1 aromatic heterocycles. The number of hydrogen-bond donors (Lipinski definition) is 0. The van der Waals surface area contributed by atoms with Crippen molar-refractivity contribution < 1.29 is 9.32 Å². The molecule has 1 saturated heterocycles. The van der Waals surface area contributed by atoms with Crippen LogP contribution >= 0.6 is 0 Å². The van der Waals surface area contributed by atoms with Crippen LogP contribution in [0.5, 0.6) is 0 Å². The highest BCUT2D eigenvalue weighted by atomic mass is 16.5. The van der Waals surface area contributed by atoms with Gasteiger partial charge >= 0.3 is 0 Å². The number of likely N-dealkylation sites (tertiary alicyclic amines) is 1. The van der Waals surface area contributed by atoms with Crippen LogP contribution in [0.4, 0.5) is 0 Å². The lowest BCUT2D eigenvalue weighted by Crippen LogP contribution is -2.48. The van der Waals surface area contributed by atoms with Crippen molar-refractivity contribution in [2.45, 2.75) is 25.2 Å². The maximum Gasteiger partial charge on any atom is 0.254 e. The van der Waals surface area contributed by atoms with Crippen LogP contribution in [-0.2, 0) is 12.8 Å². The smallest absolute Gasteiger partial charge is 0.254 e. The second-order valence-electron chi connectivity index (χ2n) is 7.03. The molecule has 1 aliphatic heterocycles. The van der Waals surface area contributed by atoms with E-state index in [1.807, 2.05) is 47.4 Å². The van der Waals surface area contributed by atoms with Gasteiger partial charge in [0, 0.05) is 24.2 Å². The van der Waals surface area contributed by atoms with Crippen LogP contribution in [0.25, 0.3) is 11.4 Å². The van der Waals surface area contributed by atoms with E-state index < -0.39 is 0 Å². The van der Waals surface area contributed by atoms with Crippen LogP contribution in [-0.4, -0.2) is 34.0 Å². The van der Waals surface area contributed by atoms with E-state index >= 15 is 0 Å². The Labute approximate surface area is 151 Å². The average Bonchev–Trinajstić information content (AvgIpc) is 3.30. The van der Waals surface area contributed by atoms with Gasteiger partial charge in [0.1, 0.15) is 0 Å². The molecule has 0 bridgehead atoms. The molecule has 3 aromatic rings.